The maximum atomic E-state index is 6.05. The van der Waals surface area contributed by atoms with Crippen molar-refractivity contribution >= 4 is 39.7 Å². The van der Waals surface area contributed by atoms with Gasteiger partial charge in [-0.05, 0) is 41.5 Å². The highest BCUT2D eigenvalue weighted by atomic mass is 79.9. The molecular weight excluding hydrogens is 448 g/mol. The van der Waals surface area contributed by atoms with E-state index < -0.39 is 0 Å². The van der Waals surface area contributed by atoms with Crippen LogP contribution in [-0.4, -0.2) is 44.8 Å². The lowest BCUT2D eigenvalue weighted by Gasteiger charge is -2.37. The Kier molecular flexibility index (Phi) is 7.58. The topological polar surface area (TPSA) is 21.3 Å². The van der Waals surface area contributed by atoms with Gasteiger partial charge in [-0.2, -0.15) is 0 Å². The van der Waals surface area contributed by atoms with Crippen molar-refractivity contribution in [3.8, 4) is 5.75 Å². The van der Waals surface area contributed by atoms with E-state index in [2.05, 4.69) is 72.3 Å². The van der Waals surface area contributed by atoms with Crippen LogP contribution in [0.5, 0.6) is 5.75 Å². The molecule has 0 radical (unpaired) electrons. The summed E-state index contributed by atoms with van der Waals surface area (Å²) in [4.78, 5) is 0. The highest BCUT2D eigenvalue weighted by Crippen LogP contribution is 2.26. The molecule has 5 heteroatoms. The fourth-order valence-electron chi connectivity index (χ4n) is 3.67. The van der Waals surface area contributed by atoms with Crippen LogP contribution in [0.1, 0.15) is 16.7 Å². The van der Waals surface area contributed by atoms with Crippen molar-refractivity contribution in [2.75, 3.05) is 40.3 Å². The third-order valence-electron chi connectivity index (χ3n) is 5.00. The molecule has 0 amide bonds. The predicted molar refractivity (Wildman–Crippen MR) is 127 cm³/mol. The van der Waals surface area contributed by atoms with Crippen molar-refractivity contribution in [1.82, 2.24) is 5.32 Å². The summed E-state index contributed by atoms with van der Waals surface area (Å²) in [5.41, 5.74) is 3.48. The van der Waals surface area contributed by atoms with Gasteiger partial charge in [0.2, 0.25) is 0 Å². The smallest absolute Gasteiger partial charge is 0.120 e. The molecule has 0 unspecified atom stereocenters. The molecule has 3 nitrogen and oxygen atoms in total. The summed E-state index contributed by atoms with van der Waals surface area (Å²) < 4.78 is 7.80. The SMILES string of the molecule is C=CCOc1cc(/C=C/c2ccc(Cl)cc2Br)cc(C[N+](C)(C)CC2CNC2)c1. The molecule has 154 valence electrons. The van der Waals surface area contributed by atoms with Crippen LogP contribution in [-0.2, 0) is 6.54 Å². The first-order chi connectivity index (χ1) is 13.8. The predicted octanol–water partition coefficient (Wildman–Crippen LogP) is 5.63. The monoisotopic (exact) mass is 475 g/mol. The molecule has 0 saturated carbocycles. The average Bonchev–Trinajstić information content (AvgIpc) is 2.62. The zero-order chi connectivity index (χ0) is 20.9. The Balaban J connectivity index is 1.82. The Morgan fingerprint density at radius 2 is 2.00 bits per heavy atom. The number of nitrogens with zero attached hydrogens (tertiary/aromatic N) is 1. The van der Waals surface area contributed by atoms with Crippen molar-refractivity contribution < 1.29 is 9.22 Å². The van der Waals surface area contributed by atoms with Crippen LogP contribution in [0.4, 0.5) is 0 Å². The molecule has 1 N–H and O–H groups in total. The maximum Gasteiger partial charge on any atom is 0.120 e. The molecule has 0 atom stereocenters. The molecule has 1 aliphatic rings. The molecule has 1 fully saturated rings. The van der Waals surface area contributed by atoms with Gasteiger partial charge in [-0.25, -0.2) is 0 Å². The molecule has 3 rings (SSSR count). The normalized spacial score (nSPS) is 14.8. The van der Waals surface area contributed by atoms with Gasteiger partial charge in [0, 0.05) is 34.1 Å². The Morgan fingerprint density at radius 1 is 1.21 bits per heavy atom. The molecule has 29 heavy (non-hydrogen) atoms. The second-order valence-corrected chi connectivity index (χ2v) is 9.60. The summed E-state index contributed by atoms with van der Waals surface area (Å²) in [5, 5.41) is 4.09. The number of halogens is 2. The van der Waals surface area contributed by atoms with Crippen LogP contribution in [0.3, 0.4) is 0 Å². The Hall–Kier alpha value is -1.59. The molecule has 1 heterocycles. The van der Waals surface area contributed by atoms with E-state index in [0.717, 1.165) is 56.4 Å². The number of quaternary nitrogens is 1. The van der Waals surface area contributed by atoms with Crippen LogP contribution in [0.2, 0.25) is 5.02 Å². The molecule has 1 saturated heterocycles. The first kappa shape index (κ1) is 22.1. The lowest BCUT2D eigenvalue weighted by atomic mass is 10.0. The van der Waals surface area contributed by atoms with Gasteiger partial charge in [-0.1, -0.05) is 58.4 Å². The third kappa shape index (κ3) is 6.71. The number of ether oxygens (including phenoxy) is 1. The van der Waals surface area contributed by atoms with Crippen molar-refractivity contribution in [2.45, 2.75) is 6.54 Å². The third-order valence-corrected chi connectivity index (χ3v) is 5.93. The van der Waals surface area contributed by atoms with Gasteiger partial charge in [0.05, 0.1) is 20.6 Å². The van der Waals surface area contributed by atoms with Gasteiger partial charge in [0.15, 0.2) is 0 Å². The highest BCUT2D eigenvalue weighted by Gasteiger charge is 2.27. The van der Waals surface area contributed by atoms with Crippen LogP contribution < -0.4 is 10.1 Å². The lowest BCUT2D eigenvalue weighted by molar-refractivity contribution is -0.907. The molecule has 1 aliphatic heterocycles. The minimum absolute atomic E-state index is 0.501. The fraction of sp³-hybridized carbons (Fsp3) is 0.333. The first-order valence-corrected chi connectivity index (χ1v) is 11.1. The summed E-state index contributed by atoms with van der Waals surface area (Å²) in [6.45, 7) is 8.66. The number of benzene rings is 2. The summed E-state index contributed by atoms with van der Waals surface area (Å²) in [6.07, 6.45) is 5.99. The van der Waals surface area contributed by atoms with E-state index in [4.69, 9.17) is 16.3 Å². The fourth-order valence-corrected chi connectivity index (χ4v) is 4.48. The second-order valence-electron chi connectivity index (χ2n) is 8.31. The minimum Gasteiger partial charge on any atom is -0.490 e. The Labute approximate surface area is 187 Å². The molecule has 0 aliphatic carbocycles. The van der Waals surface area contributed by atoms with Gasteiger partial charge >= 0.3 is 0 Å². The number of hydrogen-bond donors (Lipinski definition) is 1. The van der Waals surface area contributed by atoms with Crippen molar-refractivity contribution in [3.05, 3.63) is 75.2 Å². The van der Waals surface area contributed by atoms with Gasteiger partial charge in [-0.3, -0.25) is 0 Å². The first-order valence-electron chi connectivity index (χ1n) is 9.88. The molecule has 2 aromatic rings. The highest BCUT2D eigenvalue weighted by molar-refractivity contribution is 9.10. The summed E-state index contributed by atoms with van der Waals surface area (Å²) in [5.74, 6) is 1.65. The van der Waals surface area contributed by atoms with E-state index in [-0.39, 0.29) is 0 Å². The average molecular weight is 477 g/mol. The Bertz CT molecular complexity index is 890. The van der Waals surface area contributed by atoms with Crippen LogP contribution in [0, 0.1) is 5.92 Å². The summed E-state index contributed by atoms with van der Waals surface area (Å²) in [6, 6.07) is 12.3. The van der Waals surface area contributed by atoms with Crippen molar-refractivity contribution in [3.63, 3.8) is 0 Å². The van der Waals surface area contributed by atoms with Crippen LogP contribution in [0.15, 0.2) is 53.5 Å². The number of rotatable bonds is 9. The summed E-state index contributed by atoms with van der Waals surface area (Å²) >= 11 is 9.63. The molecule has 2 aromatic carbocycles. The lowest BCUT2D eigenvalue weighted by Crippen LogP contribution is -2.53. The van der Waals surface area contributed by atoms with Gasteiger partial charge in [0.1, 0.15) is 18.9 Å². The van der Waals surface area contributed by atoms with E-state index in [1.165, 1.54) is 12.1 Å². The van der Waals surface area contributed by atoms with E-state index >= 15 is 0 Å². The van der Waals surface area contributed by atoms with Crippen molar-refractivity contribution in [1.29, 1.82) is 0 Å². The van der Waals surface area contributed by atoms with Gasteiger partial charge in [0.25, 0.3) is 0 Å². The van der Waals surface area contributed by atoms with E-state index in [0.29, 0.717) is 6.61 Å². The maximum absolute atomic E-state index is 6.05. The van der Waals surface area contributed by atoms with Gasteiger partial charge < -0.3 is 14.5 Å². The zero-order valence-electron chi connectivity index (χ0n) is 17.1. The minimum atomic E-state index is 0.501. The largest absolute Gasteiger partial charge is 0.490 e. The zero-order valence-corrected chi connectivity index (χ0v) is 19.5. The Morgan fingerprint density at radius 3 is 2.66 bits per heavy atom. The van der Waals surface area contributed by atoms with E-state index in [1.807, 2.05) is 18.2 Å². The number of hydrogen-bond acceptors (Lipinski definition) is 2. The van der Waals surface area contributed by atoms with Crippen LogP contribution >= 0.6 is 27.5 Å². The quantitative estimate of drug-likeness (QED) is 0.287. The number of nitrogens with one attached hydrogen (secondary N) is 1. The molecular formula is C24H29BrClN2O+. The summed E-state index contributed by atoms with van der Waals surface area (Å²) in [7, 11) is 4.60. The van der Waals surface area contributed by atoms with E-state index in [9.17, 15) is 0 Å². The second kappa shape index (κ2) is 9.94. The molecule has 0 aromatic heterocycles. The molecule has 0 bridgehead atoms. The molecule has 0 spiro atoms. The van der Waals surface area contributed by atoms with Crippen LogP contribution in [0.25, 0.3) is 12.2 Å². The standard InChI is InChI=1S/C24H29BrClN2O/c1-4-9-29-23-11-18(5-6-21-7-8-22(26)13-24(21)25)10-19(12-23)16-28(2,3)17-20-14-27-15-20/h4-8,10-13,20,27H,1,9,14-17H2,2-3H3/q+1/b6-5+. The van der Waals surface area contributed by atoms with Gasteiger partial charge in [-0.15, -0.1) is 0 Å². The van der Waals surface area contributed by atoms with Crippen molar-refractivity contribution in [2.24, 2.45) is 5.92 Å². The van der Waals surface area contributed by atoms with E-state index in [1.54, 1.807) is 6.08 Å².